The van der Waals surface area contributed by atoms with Gasteiger partial charge in [0.15, 0.2) is 0 Å². The highest BCUT2D eigenvalue weighted by Gasteiger charge is 2.23. The summed E-state index contributed by atoms with van der Waals surface area (Å²) >= 11 is 0. The number of carboxylic acid groups (broad SMARTS) is 1. The van der Waals surface area contributed by atoms with E-state index in [1.165, 1.54) is 11.9 Å². The van der Waals surface area contributed by atoms with Gasteiger partial charge in [-0.1, -0.05) is 38.1 Å². The van der Waals surface area contributed by atoms with Crippen LogP contribution in [-0.4, -0.2) is 27.1 Å². The highest BCUT2D eigenvalue weighted by atomic mass is 16.4. The van der Waals surface area contributed by atoms with Gasteiger partial charge in [-0.2, -0.15) is 0 Å². The third-order valence-electron chi connectivity index (χ3n) is 4.41. The molecule has 0 radical (unpaired) electrons. The largest absolute Gasteiger partial charge is 0.480 e. The maximum absolute atomic E-state index is 11.6. The molecule has 24 heavy (non-hydrogen) atoms. The Bertz CT molecular complexity index is 743. The van der Waals surface area contributed by atoms with Crippen molar-refractivity contribution in [3.05, 3.63) is 41.7 Å². The van der Waals surface area contributed by atoms with Crippen LogP contribution >= 0.6 is 0 Å². The molecule has 5 nitrogen and oxygen atoms in total. The number of fused-ring (bicyclic) bond motifs is 3. The molecule has 2 N–H and O–H groups in total. The van der Waals surface area contributed by atoms with Gasteiger partial charge in [0, 0.05) is 11.1 Å². The number of carbonyl (C=O) groups is 1. The molecule has 0 amide bonds. The van der Waals surface area contributed by atoms with Crippen molar-refractivity contribution >= 4 is 11.8 Å². The molecule has 0 aliphatic heterocycles. The fourth-order valence-corrected chi connectivity index (χ4v) is 3.29. The zero-order valence-corrected chi connectivity index (χ0v) is 14.1. The smallest absolute Gasteiger partial charge is 0.326 e. The van der Waals surface area contributed by atoms with E-state index in [2.05, 4.69) is 27.4 Å². The number of nitrogens with zero attached hydrogens (tertiary/aromatic N) is 2. The molecule has 0 fully saturated rings. The topological polar surface area (TPSA) is 75.1 Å². The minimum atomic E-state index is -0.843. The number of aryl methyl sites for hydroxylation is 1. The number of benzene rings is 1. The van der Waals surface area contributed by atoms with E-state index in [0.29, 0.717) is 18.2 Å². The fourth-order valence-electron chi connectivity index (χ4n) is 3.29. The molecule has 1 aromatic carbocycles. The van der Waals surface area contributed by atoms with E-state index in [-0.39, 0.29) is 0 Å². The van der Waals surface area contributed by atoms with E-state index < -0.39 is 12.0 Å². The molecule has 1 atom stereocenters. The predicted octanol–water partition coefficient (Wildman–Crippen LogP) is 3.54. The van der Waals surface area contributed by atoms with Crippen molar-refractivity contribution < 1.29 is 9.90 Å². The van der Waals surface area contributed by atoms with Gasteiger partial charge in [-0.25, -0.2) is 14.8 Å². The highest BCUT2D eigenvalue weighted by Crippen LogP contribution is 2.33. The monoisotopic (exact) mass is 325 g/mol. The lowest BCUT2D eigenvalue weighted by Crippen LogP contribution is -2.31. The van der Waals surface area contributed by atoms with Crippen molar-refractivity contribution in [2.45, 2.75) is 45.6 Å². The van der Waals surface area contributed by atoms with Crippen molar-refractivity contribution in [1.29, 1.82) is 0 Å². The van der Waals surface area contributed by atoms with Crippen LogP contribution < -0.4 is 5.32 Å². The molecular weight excluding hydrogens is 302 g/mol. The first-order valence-corrected chi connectivity index (χ1v) is 8.47. The van der Waals surface area contributed by atoms with Gasteiger partial charge in [0.1, 0.15) is 18.2 Å². The predicted molar refractivity (Wildman–Crippen MR) is 94.0 cm³/mol. The second-order valence-electron chi connectivity index (χ2n) is 6.72. The van der Waals surface area contributed by atoms with Gasteiger partial charge in [-0.3, -0.25) is 0 Å². The van der Waals surface area contributed by atoms with Crippen LogP contribution in [0.3, 0.4) is 0 Å². The molecule has 5 heteroatoms. The van der Waals surface area contributed by atoms with Crippen LogP contribution in [0.2, 0.25) is 0 Å². The summed E-state index contributed by atoms with van der Waals surface area (Å²) in [5.74, 6) is 0.106. The lowest BCUT2D eigenvalue weighted by atomic mass is 10.0. The zero-order chi connectivity index (χ0) is 17.1. The number of aliphatic carboxylic acids is 1. The molecule has 2 aromatic rings. The molecular formula is C19H23N3O2. The van der Waals surface area contributed by atoms with Crippen LogP contribution in [0, 0.1) is 5.92 Å². The lowest BCUT2D eigenvalue weighted by molar-refractivity contribution is -0.138. The minimum Gasteiger partial charge on any atom is -0.480 e. The summed E-state index contributed by atoms with van der Waals surface area (Å²) < 4.78 is 0. The Morgan fingerprint density at radius 2 is 2.04 bits per heavy atom. The van der Waals surface area contributed by atoms with Crippen LogP contribution in [0.5, 0.6) is 0 Å². The van der Waals surface area contributed by atoms with Crippen LogP contribution in [-0.2, 0) is 17.6 Å². The lowest BCUT2D eigenvalue weighted by Gasteiger charge is -2.19. The number of carboxylic acids is 1. The Labute approximate surface area is 142 Å². The SMILES string of the molecule is CC(C)CC(Nc1ncnc2c1CCCc1ccccc1-2)C(=O)O. The van der Waals surface area contributed by atoms with E-state index in [4.69, 9.17) is 0 Å². The van der Waals surface area contributed by atoms with Crippen molar-refractivity contribution in [3.63, 3.8) is 0 Å². The molecule has 126 valence electrons. The molecule has 1 aliphatic carbocycles. The maximum Gasteiger partial charge on any atom is 0.326 e. The summed E-state index contributed by atoms with van der Waals surface area (Å²) in [6.45, 7) is 4.04. The Hall–Kier alpha value is -2.43. The number of anilines is 1. The molecule has 0 saturated heterocycles. The molecule has 0 saturated carbocycles. The molecule has 0 spiro atoms. The van der Waals surface area contributed by atoms with Crippen LogP contribution in [0.1, 0.15) is 37.8 Å². The number of aromatic nitrogens is 2. The van der Waals surface area contributed by atoms with Crippen LogP contribution in [0.15, 0.2) is 30.6 Å². The van der Waals surface area contributed by atoms with Crippen molar-refractivity contribution in [2.24, 2.45) is 5.92 Å². The molecule has 1 unspecified atom stereocenters. The summed E-state index contributed by atoms with van der Waals surface area (Å²) in [5, 5.41) is 12.6. The number of nitrogens with one attached hydrogen (secondary N) is 1. The van der Waals surface area contributed by atoms with E-state index in [0.717, 1.165) is 36.1 Å². The first-order valence-electron chi connectivity index (χ1n) is 8.47. The molecule has 0 bridgehead atoms. The second-order valence-corrected chi connectivity index (χ2v) is 6.72. The Morgan fingerprint density at radius 1 is 1.25 bits per heavy atom. The Morgan fingerprint density at radius 3 is 2.79 bits per heavy atom. The summed E-state index contributed by atoms with van der Waals surface area (Å²) in [5.41, 5.74) is 4.37. The quantitative estimate of drug-likeness (QED) is 0.879. The zero-order valence-electron chi connectivity index (χ0n) is 14.1. The van der Waals surface area contributed by atoms with Gasteiger partial charge < -0.3 is 10.4 Å². The van der Waals surface area contributed by atoms with Gasteiger partial charge in [-0.15, -0.1) is 0 Å². The van der Waals surface area contributed by atoms with Gasteiger partial charge in [0.25, 0.3) is 0 Å². The fraction of sp³-hybridized carbons (Fsp3) is 0.421. The minimum absolute atomic E-state index is 0.291. The summed E-state index contributed by atoms with van der Waals surface area (Å²) in [4.78, 5) is 20.4. The molecule has 3 rings (SSSR count). The number of hydrogen-bond donors (Lipinski definition) is 2. The third kappa shape index (κ3) is 3.40. The van der Waals surface area contributed by atoms with Crippen molar-refractivity contribution in [1.82, 2.24) is 9.97 Å². The van der Waals surface area contributed by atoms with Gasteiger partial charge in [-0.05, 0) is 37.2 Å². The summed E-state index contributed by atoms with van der Waals surface area (Å²) in [6, 6.07) is 7.65. The summed E-state index contributed by atoms with van der Waals surface area (Å²) in [7, 11) is 0. The second kappa shape index (κ2) is 6.99. The van der Waals surface area contributed by atoms with E-state index in [1.54, 1.807) is 0 Å². The normalized spacial score (nSPS) is 14.5. The molecule has 1 aliphatic rings. The van der Waals surface area contributed by atoms with E-state index >= 15 is 0 Å². The van der Waals surface area contributed by atoms with Gasteiger partial charge in [0.2, 0.25) is 0 Å². The third-order valence-corrected chi connectivity index (χ3v) is 4.41. The van der Waals surface area contributed by atoms with E-state index in [1.807, 2.05) is 26.0 Å². The number of rotatable bonds is 5. The van der Waals surface area contributed by atoms with E-state index in [9.17, 15) is 9.90 Å². The van der Waals surface area contributed by atoms with Crippen molar-refractivity contribution in [3.8, 4) is 11.3 Å². The van der Waals surface area contributed by atoms with Crippen LogP contribution in [0.4, 0.5) is 5.82 Å². The molecule has 1 heterocycles. The molecule has 1 aromatic heterocycles. The standard InChI is InChI=1S/C19H23N3O2/c1-12(2)10-16(19(23)24)22-18-15-9-5-7-13-6-3-4-8-14(13)17(15)20-11-21-18/h3-4,6,8,11-12,16H,5,7,9-10H2,1-2H3,(H,23,24)(H,20,21,22). The average Bonchev–Trinajstić information content (AvgIpc) is 2.74. The maximum atomic E-state index is 11.6. The Balaban J connectivity index is 1.99. The Kier molecular flexibility index (Phi) is 4.79. The summed E-state index contributed by atoms with van der Waals surface area (Å²) in [6.07, 6.45) is 4.94. The highest BCUT2D eigenvalue weighted by molar-refractivity contribution is 5.79. The van der Waals surface area contributed by atoms with Gasteiger partial charge >= 0.3 is 5.97 Å². The first-order chi connectivity index (χ1) is 11.6. The first kappa shape index (κ1) is 16.4. The van der Waals surface area contributed by atoms with Crippen molar-refractivity contribution in [2.75, 3.05) is 5.32 Å². The number of hydrogen-bond acceptors (Lipinski definition) is 4. The van der Waals surface area contributed by atoms with Gasteiger partial charge in [0.05, 0.1) is 5.69 Å². The van der Waals surface area contributed by atoms with Crippen LogP contribution in [0.25, 0.3) is 11.3 Å². The average molecular weight is 325 g/mol.